The normalized spacial score (nSPS) is 24.5. The highest BCUT2D eigenvalue weighted by Crippen LogP contribution is 2.43. The first-order valence-electron chi connectivity index (χ1n) is 19.2. The Balaban J connectivity index is 1.70. The molecule has 2 unspecified atom stereocenters. The van der Waals surface area contributed by atoms with E-state index in [9.17, 15) is 9.90 Å². The van der Waals surface area contributed by atoms with Gasteiger partial charge in [-0.05, 0) is 73.2 Å². The van der Waals surface area contributed by atoms with Crippen LogP contribution in [-0.4, -0.2) is 57.2 Å². The van der Waals surface area contributed by atoms with Gasteiger partial charge in [-0.25, -0.2) is 0 Å². The largest absolute Gasteiger partial charge is 0.469 e. The summed E-state index contributed by atoms with van der Waals surface area (Å²) in [4.78, 5) is 11.6. The van der Waals surface area contributed by atoms with Crippen LogP contribution in [-0.2, 0) is 23.4 Å². The highest BCUT2D eigenvalue weighted by atomic mass is 28.4. The van der Waals surface area contributed by atoms with Gasteiger partial charge in [0, 0.05) is 25.4 Å². The number of benzene rings is 2. The van der Waals surface area contributed by atoms with Gasteiger partial charge >= 0.3 is 5.97 Å². The molecule has 276 valence electrons. The molecule has 1 saturated heterocycles. The molecule has 2 fully saturated rings. The van der Waals surface area contributed by atoms with Crippen LogP contribution >= 0.6 is 0 Å². The van der Waals surface area contributed by atoms with Gasteiger partial charge in [-0.1, -0.05) is 132 Å². The molecule has 1 saturated carbocycles. The summed E-state index contributed by atoms with van der Waals surface area (Å²) in [5.74, 6) is -0.171. The van der Waals surface area contributed by atoms with E-state index >= 15 is 0 Å². The fourth-order valence-electron chi connectivity index (χ4n) is 7.89. The van der Waals surface area contributed by atoms with Crippen molar-refractivity contribution in [1.29, 1.82) is 0 Å². The third kappa shape index (κ3) is 10.7. The van der Waals surface area contributed by atoms with Crippen molar-refractivity contribution in [2.24, 2.45) is 11.8 Å². The third-order valence-electron chi connectivity index (χ3n) is 10.7. The van der Waals surface area contributed by atoms with Gasteiger partial charge in [-0.2, -0.15) is 0 Å². The molecule has 6 nitrogen and oxygen atoms in total. The summed E-state index contributed by atoms with van der Waals surface area (Å²) in [6, 6.07) is 21.8. The number of hydrogen-bond acceptors (Lipinski definition) is 6. The molecule has 50 heavy (non-hydrogen) atoms. The van der Waals surface area contributed by atoms with E-state index in [1.807, 2.05) is 0 Å². The second-order valence-electron chi connectivity index (χ2n) is 15.6. The Morgan fingerprint density at radius 3 is 2.22 bits per heavy atom. The summed E-state index contributed by atoms with van der Waals surface area (Å²) < 4.78 is 25.3. The quantitative estimate of drug-likeness (QED) is 0.0725. The Bertz CT molecular complexity index is 1290. The van der Waals surface area contributed by atoms with Crippen molar-refractivity contribution in [2.75, 3.05) is 13.7 Å². The van der Waals surface area contributed by atoms with E-state index in [0.29, 0.717) is 12.8 Å². The number of esters is 1. The van der Waals surface area contributed by atoms with Crippen LogP contribution in [0.2, 0.25) is 5.04 Å². The number of carbonyl (C=O) groups excluding carboxylic acids is 1. The van der Waals surface area contributed by atoms with E-state index in [4.69, 9.17) is 18.6 Å². The van der Waals surface area contributed by atoms with Crippen LogP contribution in [0.1, 0.15) is 112 Å². The fraction of sp³-hybridized carbons (Fsp3) is 0.605. The van der Waals surface area contributed by atoms with Crippen molar-refractivity contribution in [1.82, 2.24) is 0 Å². The number of unbranched alkanes of at least 4 members (excludes halogenated alkanes) is 3. The zero-order valence-corrected chi connectivity index (χ0v) is 32.7. The standard InChI is InChI=1S/C43H64O6Si/c1-7-8-20-30-43(5,49-50(42(2,3)4,34-22-13-11-14-23-34)35-24-15-12-16-25-35)31-29-37-36(26-17-9-10-18-27-40(45)46-6)38(44)33-39(37)48-41-28-19-21-32-47-41/h9,11-17,22-25,29,31,36-39,41,44H,7-8,10,18-21,26-28,30,32-33H2,1-6H3/t36-,37+,38-,39-,41?,43?/m1/s1. The maximum Gasteiger partial charge on any atom is 0.305 e. The number of carbonyl (C=O) groups is 1. The average molecular weight is 705 g/mol. The summed E-state index contributed by atoms with van der Waals surface area (Å²) in [7, 11) is -1.42. The van der Waals surface area contributed by atoms with E-state index in [0.717, 1.165) is 70.8 Å². The number of ether oxygens (including phenoxy) is 3. The monoisotopic (exact) mass is 704 g/mol. The van der Waals surface area contributed by atoms with E-state index < -0.39 is 20.0 Å². The van der Waals surface area contributed by atoms with Crippen molar-refractivity contribution < 1.29 is 28.5 Å². The lowest BCUT2D eigenvalue weighted by Crippen LogP contribution is -2.69. The van der Waals surface area contributed by atoms with Crippen molar-refractivity contribution in [3.8, 4) is 0 Å². The molecule has 2 aromatic carbocycles. The zero-order valence-electron chi connectivity index (χ0n) is 31.7. The first-order valence-corrected chi connectivity index (χ1v) is 21.1. The van der Waals surface area contributed by atoms with Crippen LogP contribution in [0.25, 0.3) is 0 Å². The summed E-state index contributed by atoms with van der Waals surface area (Å²) in [6.07, 6.45) is 18.7. The van der Waals surface area contributed by atoms with E-state index in [-0.39, 0.29) is 35.2 Å². The predicted molar refractivity (Wildman–Crippen MR) is 206 cm³/mol. The smallest absolute Gasteiger partial charge is 0.305 e. The second kappa shape index (κ2) is 19.3. The number of rotatable bonds is 18. The second-order valence-corrected chi connectivity index (χ2v) is 19.8. The minimum Gasteiger partial charge on any atom is -0.469 e. The highest BCUT2D eigenvalue weighted by molar-refractivity contribution is 6.99. The van der Waals surface area contributed by atoms with Crippen LogP contribution in [0.5, 0.6) is 0 Å². The molecule has 0 radical (unpaired) electrons. The summed E-state index contributed by atoms with van der Waals surface area (Å²) in [6.45, 7) is 12.3. The molecule has 0 spiro atoms. The van der Waals surface area contributed by atoms with Gasteiger partial charge in [0.1, 0.15) is 0 Å². The molecule has 1 N–H and O–H groups in total. The Labute approximate surface area is 303 Å². The van der Waals surface area contributed by atoms with Crippen LogP contribution in [0.3, 0.4) is 0 Å². The minimum atomic E-state index is -2.85. The van der Waals surface area contributed by atoms with Crippen molar-refractivity contribution in [2.45, 2.75) is 141 Å². The summed E-state index contributed by atoms with van der Waals surface area (Å²) in [5.41, 5.74) is -0.548. The molecule has 4 rings (SSSR count). The van der Waals surface area contributed by atoms with Gasteiger partial charge in [0.15, 0.2) is 6.29 Å². The van der Waals surface area contributed by atoms with Gasteiger partial charge in [0.05, 0.1) is 24.9 Å². The number of aliphatic hydroxyl groups excluding tert-OH is 1. The Morgan fingerprint density at radius 2 is 1.64 bits per heavy atom. The summed E-state index contributed by atoms with van der Waals surface area (Å²) in [5, 5.41) is 13.9. The lowest BCUT2D eigenvalue weighted by Gasteiger charge is -2.48. The predicted octanol–water partition coefficient (Wildman–Crippen LogP) is 8.66. The lowest BCUT2D eigenvalue weighted by molar-refractivity contribution is -0.193. The molecular formula is C43H64O6Si. The average Bonchev–Trinajstić information content (AvgIpc) is 3.41. The van der Waals surface area contributed by atoms with Gasteiger partial charge in [-0.3, -0.25) is 4.79 Å². The molecule has 7 heteroatoms. The lowest BCUT2D eigenvalue weighted by atomic mass is 9.87. The highest BCUT2D eigenvalue weighted by Gasteiger charge is 2.53. The number of hydrogen-bond donors (Lipinski definition) is 1. The van der Waals surface area contributed by atoms with Gasteiger partial charge < -0.3 is 23.7 Å². The van der Waals surface area contributed by atoms with Gasteiger partial charge in [0.25, 0.3) is 8.32 Å². The Hall–Kier alpha value is -2.55. The summed E-state index contributed by atoms with van der Waals surface area (Å²) >= 11 is 0. The molecule has 6 atom stereocenters. The molecule has 1 heterocycles. The SMILES string of the molecule is CCCCCC(C)(C=C[C@H]1[C@@H](CC=CCCCC(=O)OC)[C@H](O)C[C@H]1OC1CCCCO1)O[Si](c1ccccc1)(c1ccccc1)C(C)(C)C. The van der Waals surface area contributed by atoms with E-state index in [2.05, 4.69) is 120 Å². The molecule has 1 aliphatic heterocycles. The molecule has 0 bridgehead atoms. The van der Waals surface area contributed by atoms with Crippen LogP contribution in [0, 0.1) is 11.8 Å². The maximum absolute atomic E-state index is 11.6. The molecule has 0 aromatic heterocycles. The van der Waals surface area contributed by atoms with Crippen LogP contribution in [0.4, 0.5) is 0 Å². The first-order chi connectivity index (χ1) is 24.0. The Kier molecular flexibility index (Phi) is 15.5. The van der Waals surface area contributed by atoms with Gasteiger partial charge in [-0.15, -0.1) is 0 Å². The van der Waals surface area contributed by atoms with E-state index in [1.165, 1.54) is 17.5 Å². The van der Waals surface area contributed by atoms with Crippen molar-refractivity contribution in [3.63, 3.8) is 0 Å². The molecule has 2 aromatic rings. The van der Waals surface area contributed by atoms with Crippen LogP contribution < -0.4 is 10.4 Å². The van der Waals surface area contributed by atoms with E-state index in [1.54, 1.807) is 0 Å². The topological polar surface area (TPSA) is 74.2 Å². The maximum atomic E-state index is 11.6. The Morgan fingerprint density at radius 1 is 0.960 bits per heavy atom. The minimum absolute atomic E-state index is 0.00324. The third-order valence-corrected chi connectivity index (χ3v) is 15.8. The van der Waals surface area contributed by atoms with Gasteiger partial charge in [0.2, 0.25) is 0 Å². The van der Waals surface area contributed by atoms with Crippen LogP contribution in [0.15, 0.2) is 85.0 Å². The number of aliphatic hydroxyl groups is 1. The number of methoxy groups -OCH3 is 1. The molecular weight excluding hydrogens is 641 g/mol. The fourth-order valence-corrected chi connectivity index (χ4v) is 12.7. The molecule has 0 amide bonds. The zero-order chi connectivity index (χ0) is 36.0. The molecule has 1 aliphatic carbocycles. The molecule has 2 aliphatic rings. The number of allylic oxidation sites excluding steroid dienone is 2. The van der Waals surface area contributed by atoms with Crippen molar-refractivity contribution in [3.05, 3.63) is 85.0 Å². The first kappa shape index (κ1) is 40.2. The van der Waals surface area contributed by atoms with Crippen molar-refractivity contribution >= 4 is 24.7 Å².